The number of nitrogens with zero attached hydrogens (tertiary/aromatic N) is 2. The Hall–Kier alpha value is -3.00. The molecule has 0 radical (unpaired) electrons. The van der Waals surface area contributed by atoms with Crippen molar-refractivity contribution in [2.75, 3.05) is 0 Å². The maximum atomic E-state index is 4.68. The SMILES string of the molecule is CC1(C)c2cc3ccccc3cc2-c2ncnc(-c3ccccc3)c21. The lowest BCUT2D eigenvalue weighted by Gasteiger charge is -2.23. The number of hydrogen-bond acceptors (Lipinski definition) is 2. The van der Waals surface area contributed by atoms with Gasteiger partial charge in [-0.3, -0.25) is 0 Å². The topological polar surface area (TPSA) is 25.8 Å². The second-order valence-electron chi connectivity index (χ2n) is 7.18. The van der Waals surface area contributed by atoms with Gasteiger partial charge in [0, 0.05) is 22.1 Å². The normalized spacial score (nSPS) is 14.3. The lowest BCUT2D eigenvalue weighted by molar-refractivity contribution is 0.658. The standard InChI is InChI=1S/C23H18N2/c1-23(2)19-13-17-11-7-6-10-16(17)12-18(19)22-20(23)21(24-14-25-22)15-8-4-3-5-9-15/h3-14H,1-2H3. The largest absolute Gasteiger partial charge is 0.236 e. The Kier molecular flexibility index (Phi) is 2.87. The summed E-state index contributed by atoms with van der Waals surface area (Å²) in [5.41, 5.74) is 6.92. The van der Waals surface area contributed by atoms with Crippen LogP contribution >= 0.6 is 0 Å². The zero-order valence-electron chi connectivity index (χ0n) is 14.3. The van der Waals surface area contributed by atoms with Crippen LogP contribution in [0.2, 0.25) is 0 Å². The van der Waals surface area contributed by atoms with E-state index in [1.54, 1.807) is 6.33 Å². The fraction of sp³-hybridized carbons (Fsp3) is 0.130. The lowest BCUT2D eigenvalue weighted by atomic mass is 9.80. The third kappa shape index (κ3) is 1.97. The Morgan fingerprint density at radius 3 is 2.12 bits per heavy atom. The van der Waals surface area contributed by atoms with Gasteiger partial charge in [-0.15, -0.1) is 0 Å². The molecule has 4 aromatic rings. The molecule has 0 atom stereocenters. The van der Waals surface area contributed by atoms with Crippen LogP contribution in [0, 0.1) is 0 Å². The molecule has 2 heteroatoms. The van der Waals surface area contributed by atoms with Crippen LogP contribution in [0.4, 0.5) is 0 Å². The summed E-state index contributed by atoms with van der Waals surface area (Å²) >= 11 is 0. The molecule has 0 amide bonds. The molecule has 0 aliphatic heterocycles. The summed E-state index contributed by atoms with van der Waals surface area (Å²) in [6, 6.07) is 23.5. The fourth-order valence-corrected chi connectivity index (χ4v) is 4.08. The summed E-state index contributed by atoms with van der Waals surface area (Å²) < 4.78 is 0. The summed E-state index contributed by atoms with van der Waals surface area (Å²) in [6.45, 7) is 4.56. The molecule has 25 heavy (non-hydrogen) atoms. The van der Waals surface area contributed by atoms with Crippen LogP contribution < -0.4 is 0 Å². The molecule has 0 N–H and O–H groups in total. The second-order valence-corrected chi connectivity index (χ2v) is 7.18. The summed E-state index contributed by atoms with van der Waals surface area (Å²) in [7, 11) is 0. The van der Waals surface area contributed by atoms with E-state index < -0.39 is 0 Å². The monoisotopic (exact) mass is 322 g/mol. The minimum atomic E-state index is -0.124. The van der Waals surface area contributed by atoms with Gasteiger partial charge in [0.2, 0.25) is 0 Å². The van der Waals surface area contributed by atoms with Crippen LogP contribution in [-0.4, -0.2) is 9.97 Å². The maximum absolute atomic E-state index is 4.68. The van der Waals surface area contributed by atoms with Crippen LogP contribution in [0.1, 0.15) is 25.0 Å². The van der Waals surface area contributed by atoms with Crippen LogP contribution in [-0.2, 0) is 5.41 Å². The lowest BCUT2D eigenvalue weighted by Crippen LogP contribution is -2.17. The Morgan fingerprint density at radius 2 is 1.36 bits per heavy atom. The molecule has 1 aliphatic carbocycles. The minimum absolute atomic E-state index is 0.124. The van der Waals surface area contributed by atoms with Crippen molar-refractivity contribution in [2.45, 2.75) is 19.3 Å². The molecule has 1 heterocycles. The van der Waals surface area contributed by atoms with Crippen LogP contribution in [0.3, 0.4) is 0 Å². The average molecular weight is 322 g/mol. The summed E-state index contributed by atoms with van der Waals surface area (Å²) in [5.74, 6) is 0. The zero-order chi connectivity index (χ0) is 17.0. The number of fused-ring (bicyclic) bond motifs is 4. The van der Waals surface area contributed by atoms with E-state index in [4.69, 9.17) is 0 Å². The molecular weight excluding hydrogens is 304 g/mol. The molecule has 0 unspecified atom stereocenters. The van der Waals surface area contributed by atoms with Gasteiger partial charge in [-0.25, -0.2) is 9.97 Å². The molecule has 120 valence electrons. The first-order valence-electron chi connectivity index (χ1n) is 8.61. The van der Waals surface area contributed by atoms with Gasteiger partial charge < -0.3 is 0 Å². The third-order valence-electron chi connectivity index (χ3n) is 5.33. The molecule has 5 rings (SSSR count). The summed E-state index contributed by atoms with van der Waals surface area (Å²) in [5, 5.41) is 2.53. The second kappa shape index (κ2) is 5.00. The van der Waals surface area contributed by atoms with Gasteiger partial charge in [0.15, 0.2) is 0 Å². The Balaban J connectivity index is 1.85. The van der Waals surface area contributed by atoms with Crippen molar-refractivity contribution in [3.05, 3.63) is 84.2 Å². The van der Waals surface area contributed by atoms with Crippen LogP contribution in [0.25, 0.3) is 33.3 Å². The van der Waals surface area contributed by atoms with Gasteiger partial charge in [0.1, 0.15) is 6.33 Å². The first-order valence-corrected chi connectivity index (χ1v) is 8.61. The van der Waals surface area contributed by atoms with E-state index >= 15 is 0 Å². The van der Waals surface area contributed by atoms with E-state index in [1.165, 1.54) is 27.5 Å². The van der Waals surface area contributed by atoms with Crippen molar-refractivity contribution in [1.29, 1.82) is 0 Å². The average Bonchev–Trinajstić information content (AvgIpc) is 2.88. The highest BCUT2D eigenvalue weighted by Gasteiger charge is 2.39. The minimum Gasteiger partial charge on any atom is -0.236 e. The highest BCUT2D eigenvalue weighted by atomic mass is 14.9. The molecule has 1 aliphatic rings. The quantitative estimate of drug-likeness (QED) is 0.455. The van der Waals surface area contributed by atoms with E-state index in [9.17, 15) is 0 Å². The van der Waals surface area contributed by atoms with Gasteiger partial charge in [-0.05, 0) is 28.5 Å². The molecule has 1 aromatic heterocycles. The van der Waals surface area contributed by atoms with E-state index in [-0.39, 0.29) is 5.41 Å². The number of benzene rings is 3. The molecule has 0 saturated carbocycles. The Bertz CT molecular complexity index is 1110. The smallest absolute Gasteiger partial charge is 0.116 e. The highest BCUT2D eigenvalue weighted by molar-refractivity contribution is 5.94. The van der Waals surface area contributed by atoms with Crippen molar-refractivity contribution in [2.24, 2.45) is 0 Å². The van der Waals surface area contributed by atoms with E-state index in [2.05, 4.69) is 84.5 Å². The van der Waals surface area contributed by atoms with E-state index in [0.717, 1.165) is 17.0 Å². The van der Waals surface area contributed by atoms with E-state index in [1.807, 2.05) is 6.07 Å². The maximum Gasteiger partial charge on any atom is 0.116 e. The molecule has 0 fully saturated rings. The van der Waals surface area contributed by atoms with Gasteiger partial charge in [0.05, 0.1) is 11.4 Å². The van der Waals surface area contributed by atoms with Crippen LogP contribution in [0.5, 0.6) is 0 Å². The number of aromatic nitrogens is 2. The van der Waals surface area contributed by atoms with Crippen molar-refractivity contribution in [3.63, 3.8) is 0 Å². The van der Waals surface area contributed by atoms with Crippen LogP contribution in [0.15, 0.2) is 73.1 Å². The first kappa shape index (κ1) is 14.4. The van der Waals surface area contributed by atoms with Crippen molar-refractivity contribution >= 4 is 10.8 Å². The Labute approximate surface area is 147 Å². The summed E-state index contributed by atoms with van der Waals surface area (Å²) in [6.07, 6.45) is 1.70. The number of hydrogen-bond donors (Lipinski definition) is 0. The number of rotatable bonds is 1. The van der Waals surface area contributed by atoms with Crippen molar-refractivity contribution < 1.29 is 0 Å². The molecule has 0 bridgehead atoms. The molecular formula is C23H18N2. The Morgan fingerprint density at radius 1 is 0.720 bits per heavy atom. The summed E-state index contributed by atoms with van der Waals surface area (Å²) in [4.78, 5) is 9.34. The van der Waals surface area contributed by atoms with Crippen molar-refractivity contribution in [3.8, 4) is 22.5 Å². The van der Waals surface area contributed by atoms with E-state index in [0.29, 0.717) is 0 Å². The predicted octanol–water partition coefficient (Wildman–Crippen LogP) is 5.60. The molecule has 3 aromatic carbocycles. The molecule has 0 saturated heterocycles. The van der Waals surface area contributed by atoms with Gasteiger partial charge in [0.25, 0.3) is 0 Å². The third-order valence-corrected chi connectivity index (χ3v) is 5.33. The molecule has 2 nitrogen and oxygen atoms in total. The van der Waals surface area contributed by atoms with Gasteiger partial charge in [-0.2, -0.15) is 0 Å². The fourth-order valence-electron chi connectivity index (χ4n) is 4.08. The molecule has 0 spiro atoms. The van der Waals surface area contributed by atoms with Gasteiger partial charge >= 0.3 is 0 Å². The highest BCUT2D eigenvalue weighted by Crippen LogP contribution is 2.51. The predicted molar refractivity (Wildman–Crippen MR) is 103 cm³/mol. The first-order chi connectivity index (χ1) is 12.2. The van der Waals surface area contributed by atoms with Crippen molar-refractivity contribution in [1.82, 2.24) is 9.97 Å². The zero-order valence-corrected chi connectivity index (χ0v) is 14.3. The van der Waals surface area contributed by atoms with Gasteiger partial charge in [-0.1, -0.05) is 68.4 Å².